The molecule has 0 aromatic heterocycles. The fourth-order valence-corrected chi connectivity index (χ4v) is 3.23. The van der Waals surface area contributed by atoms with Gasteiger partial charge in [-0.2, -0.15) is 13.2 Å². The van der Waals surface area contributed by atoms with Crippen LogP contribution in [0.5, 0.6) is 17.2 Å². The van der Waals surface area contributed by atoms with Crippen LogP contribution in [0, 0.1) is 0 Å². The summed E-state index contributed by atoms with van der Waals surface area (Å²) in [6.45, 7) is 1.99. The van der Waals surface area contributed by atoms with E-state index in [4.69, 9.17) is 9.47 Å². The number of hydrogen-bond acceptors (Lipinski definition) is 3. The first kappa shape index (κ1) is 23.9. The standard InChI is InChI=1S/C26H23F3O4/c1-2-22(25(30)31)19-8-5-9-21(17-19)33-24-11-4-3-10-23(24)32-16-6-7-18-12-14-20(15-13-18)26(27,28)29/h3-15,17,22H,2,16H2,1H3,(H,30,31)/b7-6+. The number of carboxylic acids is 1. The number of carbonyl (C=O) groups is 1. The lowest BCUT2D eigenvalue weighted by Crippen LogP contribution is -2.10. The van der Waals surface area contributed by atoms with Crippen LogP contribution in [0.3, 0.4) is 0 Å². The maximum Gasteiger partial charge on any atom is 0.416 e. The van der Waals surface area contributed by atoms with E-state index in [1.54, 1.807) is 60.7 Å². The molecule has 0 amide bonds. The van der Waals surface area contributed by atoms with E-state index >= 15 is 0 Å². The Morgan fingerprint density at radius 1 is 1.00 bits per heavy atom. The quantitative estimate of drug-likeness (QED) is 0.371. The summed E-state index contributed by atoms with van der Waals surface area (Å²) < 4.78 is 49.6. The van der Waals surface area contributed by atoms with E-state index in [9.17, 15) is 23.1 Å². The molecular formula is C26H23F3O4. The maximum absolute atomic E-state index is 12.6. The monoisotopic (exact) mass is 456 g/mol. The smallest absolute Gasteiger partial charge is 0.416 e. The third-order valence-corrected chi connectivity index (χ3v) is 4.93. The molecule has 1 atom stereocenters. The van der Waals surface area contributed by atoms with Gasteiger partial charge in [-0.05, 0) is 60.0 Å². The summed E-state index contributed by atoms with van der Waals surface area (Å²) in [6.07, 6.45) is -0.536. The Labute approximate surface area is 189 Å². The summed E-state index contributed by atoms with van der Waals surface area (Å²) in [7, 11) is 0. The van der Waals surface area contributed by atoms with Gasteiger partial charge in [0.2, 0.25) is 0 Å². The fraction of sp³-hybridized carbons (Fsp3) is 0.192. The van der Waals surface area contributed by atoms with Crippen molar-refractivity contribution >= 4 is 12.0 Å². The first-order valence-electron chi connectivity index (χ1n) is 10.3. The van der Waals surface area contributed by atoms with Crippen LogP contribution in [0.15, 0.2) is 78.9 Å². The van der Waals surface area contributed by atoms with Gasteiger partial charge in [0.15, 0.2) is 11.5 Å². The minimum absolute atomic E-state index is 0.179. The van der Waals surface area contributed by atoms with Crippen molar-refractivity contribution < 1.29 is 32.5 Å². The predicted octanol–water partition coefficient (Wildman–Crippen LogP) is 7.17. The summed E-state index contributed by atoms with van der Waals surface area (Å²) in [6, 6.07) is 18.8. The van der Waals surface area contributed by atoms with Gasteiger partial charge < -0.3 is 14.6 Å². The molecule has 3 aromatic rings. The van der Waals surface area contributed by atoms with Crippen molar-refractivity contribution in [1.82, 2.24) is 0 Å². The minimum atomic E-state index is -4.36. The Kier molecular flexibility index (Phi) is 7.77. The van der Waals surface area contributed by atoms with Crippen LogP contribution in [-0.2, 0) is 11.0 Å². The average Bonchev–Trinajstić information content (AvgIpc) is 2.78. The van der Waals surface area contributed by atoms with Gasteiger partial charge >= 0.3 is 12.1 Å². The highest BCUT2D eigenvalue weighted by atomic mass is 19.4. The Hall–Kier alpha value is -3.74. The van der Waals surface area contributed by atoms with Gasteiger partial charge in [-0.1, -0.05) is 49.4 Å². The molecule has 1 unspecified atom stereocenters. The Morgan fingerprint density at radius 3 is 2.33 bits per heavy atom. The van der Waals surface area contributed by atoms with Crippen molar-refractivity contribution in [3.05, 3.63) is 95.6 Å². The van der Waals surface area contributed by atoms with Crippen LogP contribution in [0.2, 0.25) is 0 Å². The van der Waals surface area contributed by atoms with E-state index in [-0.39, 0.29) is 6.61 Å². The number of halogens is 3. The first-order valence-corrected chi connectivity index (χ1v) is 10.3. The summed E-state index contributed by atoms with van der Waals surface area (Å²) >= 11 is 0. The van der Waals surface area contributed by atoms with Gasteiger partial charge in [0.25, 0.3) is 0 Å². The first-order chi connectivity index (χ1) is 15.8. The molecular weight excluding hydrogens is 433 g/mol. The van der Waals surface area contributed by atoms with Crippen molar-refractivity contribution in [3.63, 3.8) is 0 Å². The van der Waals surface area contributed by atoms with Crippen molar-refractivity contribution in [2.75, 3.05) is 6.61 Å². The van der Waals surface area contributed by atoms with Crippen LogP contribution in [0.4, 0.5) is 13.2 Å². The van der Waals surface area contributed by atoms with E-state index < -0.39 is 23.6 Å². The number of hydrogen-bond donors (Lipinski definition) is 1. The van der Waals surface area contributed by atoms with Crippen molar-refractivity contribution in [2.24, 2.45) is 0 Å². The Morgan fingerprint density at radius 2 is 1.70 bits per heavy atom. The molecule has 4 nitrogen and oxygen atoms in total. The Bertz CT molecular complexity index is 1110. The van der Waals surface area contributed by atoms with E-state index in [2.05, 4.69) is 0 Å². The summed E-state index contributed by atoms with van der Waals surface area (Å²) in [4.78, 5) is 11.4. The lowest BCUT2D eigenvalue weighted by molar-refractivity contribution is -0.139. The molecule has 0 aliphatic heterocycles. The molecule has 0 saturated heterocycles. The number of benzene rings is 3. The molecule has 0 spiro atoms. The van der Waals surface area contributed by atoms with Crippen LogP contribution in [0.1, 0.15) is 36.0 Å². The fourth-order valence-electron chi connectivity index (χ4n) is 3.23. The minimum Gasteiger partial charge on any atom is -0.486 e. The Balaban J connectivity index is 1.65. The topological polar surface area (TPSA) is 55.8 Å². The molecule has 0 bridgehead atoms. The summed E-state index contributed by atoms with van der Waals surface area (Å²) in [5, 5.41) is 9.39. The molecule has 33 heavy (non-hydrogen) atoms. The molecule has 0 saturated carbocycles. The van der Waals surface area contributed by atoms with Gasteiger partial charge in [0, 0.05) is 0 Å². The number of rotatable bonds is 9. The molecule has 172 valence electrons. The van der Waals surface area contributed by atoms with Crippen molar-refractivity contribution in [3.8, 4) is 17.2 Å². The molecule has 3 aromatic carbocycles. The molecule has 0 heterocycles. The number of aliphatic carboxylic acids is 1. The number of para-hydroxylation sites is 2. The van der Waals surface area contributed by atoms with Crippen LogP contribution in [-0.4, -0.2) is 17.7 Å². The van der Waals surface area contributed by atoms with Gasteiger partial charge in [-0.15, -0.1) is 0 Å². The van der Waals surface area contributed by atoms with Crippen molar-refractivity contribution in [1.29, 1.82) is 0 Å². The highest BCUT2D eigenvalue weighted by Crippen LogP contribution is 2.33. The highest BCUT2D eigenvalue weighted by Gasteiger charge is 2.29. The van der Waals surface area contributed by atoms with Crippen LogP contribution < -0.4 is 9.47 Å². The second-order valence-electron chi connectivity index (χ2n) is 7.25. The average molecular weight is 456 g/mol. The largest absolute Gasteiger partial charge is 0.486 e. The van der Waals surface area contributed by atoms with Crippen LogP contribution in [0.25, 0.3) is 6.08 Å². The molecule has 3 rings (SSSR count). The van der Waals surface area contributed by atoms with Gasteiger partial charge in [-0.3, -0.25) is 4.79 Å². The lowest BCUT2D eigenvalue weighted by Gasteiger charge is -2.14. The second kappa shape index (κ2) is 10.7. The molecule has 0 aliphatic rings. The molecule has 7 heteroatoms. The molecule has 0 radical (unpaired) electrons. The van der Waals surface area contributed by atoms with Gasteiger partial charge in [0.05, 0.1) is 11.5 Å². The van der Waals surface area contributed by atoms with Gasteiger partial charge in [0.1, 0.15) is 12.4 Å². The van der Waals surface area contributed by atoms with Crippen LogP contribution >= 0.6 is 0 Å². The lowest BCUT2D eigenvalue weighted by atomic mass is 9.96. The van der Waals surface area contributed by atoms with E-state index in [0.29, 0.717) is 34.8 Å². The third-order valence-electron chi connectivity index (χ3n) is 4.93. The maximum atomic E-state index is 12.6. The zero-order valence-electron chi connectivity index (χ0n) is 17.9. The molecule has 1 N–H and O–H groups in total. The molecule has 0 aliphatic carbocycles. The zero-order valence-corrected chi connectivity index (χ0v) is 17.9. The predicted molar refractivity (Wildman–Crippen MR) is 120 cm³/mol. The second-order valence-corrected chi connectivity index (χ2v) is 7.25. The zero-order chi connectivity index (χ0) is 23.8. The SMILES string of the molecule is CCC(C(=O)O)c1cccc(Oc2ccccc2OC/C=C/c2ccc(C(F)(F)F)cc2)c1. The number of alkyl halides is 3. The van der Waals surface area contributed by atoms with Crippen molar-refractivity contribution in [2.45, 2.75) is 25.4 Å². The number of carboxylic acid groups (broad SMARTS) is 1. The van der Waals surface area contributed by atoms with E-state index in [0.717, 1.165) is 12.1 Å². The van der Waals surface area contributed by atoms with E-state index in [1.807, 2.05) is 6.92 Å². The summed E-state index contributed by atoms with van der Waals surface area (Å²) in [5.41, 5.74) is 0.580. The molecule has 0 fully saturated rings. The normalized spacial score (nSPS) is 12.5. The highest BCUT2D eigenvalue weighted by molar-refractivity contribution is 5.76. The van der Waals surface area contributed by atoms with Gasteiger partial charge in [-0.25, -0.2) is 0 Å². The number of ether oxygens (including phenoxy) is 2. The third kappa shape index (κ3) is 6.62. The summed E-state index contributed by atoms with van der Waals surface area (Å²) in [5.74, 6) is -0.0802. The van der Waals surface area contributed by atoms with E-state index in [1.165, 1.54) is 12.1 Å².